The van der Waals surface area contributed by atoms with Gasteiger partial charge in [0.05, 0.1) is 16.7 Å². The second kappa shape index (κ2) is 8.22. The van der Waals surface area contributed by atoms with E-state index in [0.29, 0.717) is 32.7 Å². The predicted octanol–water partition coefficient (Wildman–Crippen LogP) is 4.65. The lowest BCUT2D eigenvalue weighted by atomic mass is 10.2. The average Bonchev–Trinajstić information content (AvgIpc) is 3.05. The number of aromatic nitrogens is 4. The third kappa shape index (κ3) is 4.10. The molecule has 2 heterocycles. The minimum Gasteiger partial charge on any atom is -0.338 e. The summed E-state index contributed by atoms with van der Waals surface area (Å²) in [6, 6.07) is 5.13. The van der Waals surface area contributed by atoms with Crippen LogP contribution < -0.4 is 5.56 Å². The smallest absolute Gasteiger partial charge is 0.262 e. The molecule has 0 aliphatic rings. The molecule has 0 saturated heterocycles. The Hall–Kier alpha value is -1.86. The minimum absolute atomic E-state index is 0.0135. The van der Waals surface area contributed by atoms with Gasteiger partial charge in [-0.2, -0.15) is 4.98 Å². The van der Waals surface area contributed by atoms with E-state index in [1.165, 1.54) is 11.8 Å². The van der Waals surface area contributed by atoms with E-state index in [-0.39, 0.29) is 11.6 Å². The van der Waals surface area contributed by atoms with Crippen LogP contribution >= 0.6 is 23.4 Å². The SMILES string of the molecule is CCCCc1noc(CSc2nc3cc(Cl)ccc3c(=O)n2C(C)C)n1. The van der Waals surface area contributed by atoms with Crippen LogP contribution in [0.15, 0.2) is 32.7 Å². The van der Waals surface area contributed by atoms with E-state index in [1.807, 2.05) is 13.8 Å². The van der Waals surface area contributed by atoms with E-state index >= 15 is 0 Å². The number of aryl methyl sites for hydroxylation is 1. The summed E-state index contributed by atoms with van der Waals surface area (Å²) in [5.74, 6) is 1.73. The van der Waals surface area contributed by atoms with Gasteiger partial charge in [0.1, 0.15) is 0 Å². The third-order valence-electron chi connectivity index (χ3n) is 3.94. The van der Waals surface area contributed by atoms with Gasteiger partial charge in [0.25, 0.3) is 5.56 Å². The van der Waals surface area contributed by atoms with Crippen molar-refractivity contribution in [1.82, 2.24) is 19.7 Å². The van der Waals surface area contributed by atoms with E-state index in [2.05, 4.69) is 22.0 Å². The number of hydrogen-bond donors (Lipinski definition) is 0. The van der Waals surface area contributed by atoms with Gasteiger partial charge in [-0.3, -0.25) is 9.36 Å². The molecule has 0 unspecified atom stereocenters. The highest BCUT2D eigenvalue weighted by molar-refractivity contribution is 7.98. The first-order chi connectivity index (χ1) is 12.5. The van der Waals surface area contributed by atoms with Crippen molar-refractivity contribution >= 4 is 34.3 Å². The Kier molecular flexibility index (Phi) is 5.98. The molecule has 0 fully saturated rings. The average molecular weight is 393 g/mol. The summed E-state index contributed by atoms with van der Waals surface area (Å²) in [4.78, 5) is 21.9. The molecule has 0 aliphatic carbocycles. The van der Waals surface area contributed by atoms with Crippen molar-refractivity contribution in [2.75, 3.05) is 0 Å². The Bertz CT molecular complexity index is 967. The second-order valence-electron chi connectivity index (χ2n) is 6.32. The number of hydrogen-bond acceptors (Lipinski definition) is 6. The summed E-state index contributed by atoms with van der Waals surface area (Å²) >= 11 is 7.47. The number of nitrogens with zero attached hydrogens (tertiary/aromatic N) is 4. The first kappa shape index (κ1) is 18.9. The van der Waals surface area contributed by atoms with E-state index < -0.39 is 0 Å². The number of fused-ring (bicyclic) bond motifs is 1. The summed E-state index contributed by atoms with van der Waals surface area (Å²) in [7, 11) is 0. The molecule has 0 spiro atoms. The number of thioether (sulfide) groups is 1. The van der Waals surface area contributed by atoms with Crippen LogP contribution in [-0.2, 0) is 12.2 Å². The quantitative estimate of drug-likeness (QED) is 0.430. The lowest BCUT2D eigenvalue weighted by molar-refractivity contribution is 0.384. The van der Waals surface area contributed by atoms with Crippen LogP contribution in [0, 0.1) is 0 Å². The number of rotatable bonds is 7. The third-order valence-corrected chi connectivity index (χ3v) is 5.11. The topological polar surface area (TPSA) is 73.8 Å². The molecule has 0 bridgehead atoms. The first-order valence-corrected chi connectivity index (χ1v) is 10.0. The molecule has 0 amide bonds. The van der Waals surface area contributed by atoms with Crippen molar-refractivity contribution in [2.24, 2.45) is 0 Å². The van der Waals surface area contributed by atoms with Crippen LogP contribution in [0.1, 0.15) is 51.4 Å². The summed E-state index contributed by atoms with van der Waals surface area (Å²) < 4.78 is 6.99. The molecular formula is C18H21ClN4O2S. The highest BCUT2D eigenvalue weighted by Crippen LogP contribution is 2.25. The number of benzene rings is 1. The fourth-order valence-electron chi connectivity index (χ4n) is 2.62. The van der Waals surface area contributed by atoms with Crippen molar-refractivity contribution < 1.29 is 4.52 Å². The van der Waals surface area contributed by atoms with Crippen molar-refractivity contribution in [3.05, 3.63) is 45.3 Å². The van der Waals surface area contributed by atoms with Crippen LogP contribution in [0.3, 0.4) is 0 Å². The Morgan fingerprint density at radius 2 is 2.12 bits per heavy atom. The van der Waals surface area contributed by atoms with Gasteiger partial charge in [-0.05, 0) is 38.5 Å². The van der Waals surface area contributed by atoms with Crippen molar-refractivity contribution in [2.45, 2.75) is 57.0 Å². The van der Waals surface area contributed by atoms with Crippen molar-refractivity contribution in [1.29, 1.82) is 0 Å². The molecule has 138 valence electrons. The zero-order valence-electron chi connectivity index (χ0n) is 15.0. The minimum atomic E-state index is -0.0710. The maximum absolute atomic E-state index is 12.9. The molecule has 1 aromatic carbocycles. The largest absolute Gasteiger partial charge is 0.338 e. The second-order valence-corrected chi connectivity index (χ2v) is 7.70. The molecule has 0 N–H and O–H groups in total. The van der Waals surface area contributed by atoms with Gasteiger partial charge in [0, 0.05) is 17.5 Å². The molecule has 0 atom stereocenters. The normalized spacial score (nSPS) is 11.6. The van der Waals surface area contributed by atoms with Crippen molar-refractivity contribution in [3.63, 3.8) is 0 Å². The lowest BCUT2D eigenvalue weighted by Crippen LogP contribution is -2.25. The predicted molar refractivity (Wildman–Crippen MR) is 104 cm³/mol. The summed E-state index contributed by atoms with van der Waals surface area (Å²) in [5.41, 5.74) is 0.523. The number of halogens is 1. The molecule has 0 saturated carbocycles. The van der Waals surface area contributed by atoms with Gasteiger partial charge in [0.2, 0.25) is 5.89 Å². The molecule has 2 aromatic heterocycles. The molecule has 3 rings (SSSR count). The molecule has 3 aromatic rings. The van der Waals surface area contributed by atoms with Gasteiger partial charge in [0.15, 0.2) is 11.0 Å². The van der Waals surface area contributed by atoms with Gasteiger partial charge in [-0.15, -0.1) is 0 Å². The maximum atomic E-state index is 12.9. The molecule has 0 aliphatic heterocycles. The summed E-state index contributed by atoms with van der Waals surface area (Å²) in [6.07, 6.45) is 2.93. The molecular weight excluding hydrogens is 372 g/mol. The van der Waals surface area contributed by atoms with E-state index in [4.69, 9.17) is 16.1 Å². The Morgan fingerprint density at radius 3 is 2.85 bits per heavy atom. The molecule has 0 radical (unpaired) electrons. The Morgan fingerprint density at radius 1 is 1.31 bits per heavy atom. The standard InChI is InChI=1S/C18H21ClN4O2S/c1-4-5-6-15-21-16(25-22-15)10-26-18-20-14-9-12(19)7-8-13(14)17(24)23(18)11(2)3/h7-9,11H,4-6,10H2,1-3H3. The van der Waals surface area contributed by atoms with E-state index in [1.54, 1.807) is 22.8 Å². The first-order valence-electron chi connectivity index (χ1n) is 8.65. The molecule has 8 heteroatoms. The lowest BCUT2D eigenvalue weighted by Gasteiger charge is -2.15. The van der Waals surface area contributed by atoms with Crippen molar-refractivity contribution in [3.8, 4) is 0 Å². The summed E-state index contributed by atoms with van der Waals surface area (Å²) in [6.45, 7) is 6.05. The maximum Gasteiger partial charge on any atom is 0.262 e. The van der Waals surface area contributed by atoms with Gasteiger partial charge in [-0.1, -0.05) is 41.9 Å². The van der Waals surface area contributed by atoms with Gasteiger partial charge < -0.3 is 4.52 Å². The zero-order chi connectivity index (χ0) is 18.7. The van der Waals surface area contributed by atoms with Gasteiger partial charge >= 0.3 is 0 Å². The zero-order valence-corrected chi connectivity index (χ0v) is 16.6. The highest BCUT2D eigenvalue weighted by atomic mass is 35.5. The monoisotopic (exact) mass is 392 g/mol. The molecule has 6 nitrogen and oxygen atoms in total. The van der Waals surface area contributed by atoms with Crippen LogP contribution in [0.5, 0.6) is 0 Å². The van der Waals surface area contributed by atoms with Crippen LogP contribution in [0.2, 0.25) is 5.02 Å². The fourth-order valence-corrected chi connectivity index (χ4v) is 3.75. The van der Waals surface area contributed by atoms with Crippen LogP contribution in [0.4, 0.5) is 0 Å². The van der Waals surface area contributed by atoms with Gasteiger partial charge in [-0.25, -0.2) is 4.98 Å². The summed E-state index contributed by atoms with van der Waals surface area (Å²) in [5, 5.41) is 5.73. The van der Waals surface area contributed by atoms with Crippen LogP contribution in [-0.4, -0.2) is 19.7 Å². The Balaban J connectivity index is 1.89. The van der Waals surface area contributed by atoms with Crippen LogP contribution in [0.25, 0.3) is 10.9 Å². The fraction of sp³-hybridized carbons (Fsp3) is 0.444. The van der Waals surface area contributed by atoms with E-state index in [0.717, 1.165) is 25.1 Å². The molecule has 26 heavy (non-hydrogen) atoms. The van der Waals surface area contributed by atoms with E-state index in [9.17, 15) is 4.79 Å². The number of unbranched alkanes of at least 4 members (excludes halogenated alkanes) is 1. The Labute approximate surface area is 161 Å². The highest BCUT2D eigenvalue weighted by Gasteiger charge is 2.16.